The van der Waals surface area contributed by atoms with E-state index >= 15 is 0 Å². The van der Waals surface area contributed by atoms with Crippen LogP contribution in [0.3, 0.4) is 0 Å². The van der Waals surface area contributed by atoms with E-state index in [4.69, 9.17) is 9.47 Å². The first-order chi connectivity index (χ1) is 11.1. The Hall–Kier alpha value is -1.75. The number of aliphatic hydroxyl groups is 1. The van der Waals surface area contributed by atoms with Crippen LogP contribution in [-0.4, -0.2) is 31.1 Å². The molecule has 0 aliphatic heterocycles. The standard InChI is InChI=1S/C18H26O5/c1-3-4-13-22-15-7-5-14(6-8-15)18(20)11-9-16(10-12-18)23-17(19)21-2/h5-8,16,20H,3-4,9-13H2,1-2H3. The van der Waals surface area contributed by atoms with E-state index in [0.29, 0.717) is 32.3 Å². The Morgan fingerprint density at radius 1 is 1.26 bits per heavy atom. The first-order valence-corrected chi connectivity index (χ1v) is 8.27. The third-order valence-electron chi connectivity index (χ3n) is 4.35. The summed E-state index contributed by atoms with van der Waals surface area (Å²) in [5.41, 5.74) is 0.0228. The zero-order valence-corrected chi connectivity index (χ0v) is 13.9. The summed E-state index contributed by atoms with van der Waals surface area (Å²) in [4.78, 5) is 11.1. The van der Waals surface area contributed by atoms with E-state index in [-0.39, 0.29) is 6.10 Å². The largest absolute Gasteiger partial charge is 0.508 e. The van der Waals surface area contributed by atoms with Gasteiger partial charge in [-0.1, -0.05) is 25.5 Å². The Kier molecular flexibility index (Phi) is 6.28. The molecule has 1 aromatic carbocycles. The maximum atomic E-state index is 11.1. The monoisotopic (exact) mass is 322 g/mol. The van der Waals surface area contributed by atoms with Crippen molar-refractivity contribution in [2.45, 2.75) is 57.2 Å². The number of rotatable bonds is 6. The number of unbranched alkanes of at least 4 members (excludes halogenated alkanes) is 1. The highest BCUT2D eigenvalue weighted by atomic mass is 16.7. The third-order valence-corrected chi connectivity index (χ3v) is 4.35. The molecule has 5 heteroatoms. The molecule has 5 nitrogen and oxygen atoms in total. The fourth-order valence-corrected chi connectivity index (χ4v) is 2.86. The van der Waals surface area contributed by atoms with E-state index in [2.05, 4.69) is 11.7 Å². The van der Waals surface area contributed by atoms with Crippen molar-refractivity contribution in [2.24, 2.45) is 0 Å². The molecule has 0 radical (unpaired) electrons. The topological polar surface area (TPSA) is 65.0 Å². The molecule has 1 saturated carbocycles. The Bertz CT molecular complexity index is 489. The van der Waals surface area contributed by atoms with Gasteiger partial charge in [0.15, 0.2) is 0 Å². The fourth-order valence-electron chi connectivity index (χ4n) is 2.86. The second-order valence-electron chi connectivity index (χ2n) is 6.03. The molecule has 2 rings (SSSR count). The van der Waals surface area contributed by atoms with Gasteiger partial charge in [-0.25, -0.2) is 4.79 Å². The molecule has 0 saturated heterocycles. The first-order valence-electron chi connectivity index (χ1n) is 8.27. The highest BCUT2D eigenvalue weighted by molar-refractivity contribution is 5.59. The van der Waals surface area contributed by atoms with Gasteiger partial charge < -0.3 is 19.3 Å². The zero-order chi connectivity index (χ0) is 16.7. The van der Waals surface area contributed by atoms with Crippen molar-refractivity contribution in [1.82, 2.24) is 0 Å². The fraction of sp³-hybridized carbons (Fsp3) is 0.611. The molecular weight excluding hydrogens is 296 g/mol. The van der Waals surface area contributed by atoms with E-state index in [0.717, 1.165) is 24.2 Å². The second-order valence-corrected chi connectivity index (χ2v) is 6.03. The van der Waals surface area contributed by atoms with Crippen molar-refractivity contribution < 1.29 is 24.1 Å². The average Bonchev–Trinajstić information content (AvgIpc) is 2.58. The van der Waals surface area contributed by atoms with Crippen LogP contribution in [0.5, 0.6) is 5.75 Å². The molecule has 0 spiro atoms. The molecule has 0 aromatic heterocycles. The van der Waals surface area contributed by atoms with E-state index in [1.54, 1.807) is 0 Å². The van der Waals surface area contributed by atoms with Crippen LogP contribution in [0.2, 0.25) is 0 Å². The van der Waals surface area contributed by atoms with E-state index in [9.17, 15) is 9.90 Å². The average molecular weight is 322 g/mol. The summed E-state index contributed by atoms with van der Waals surface area (Å²) in [6, 6.07) is 7.64. The number of hydrogen-bond acceptors (Lipinski definition) is 5. The van der Waals surface area contributed by atoms with Crippen molar-refractivity contribution >= 4 is 6.16 Å². The van der Waals surface area contributed by atoms with Crippen molar-refractivity contribution in [3.63, 3.8) is 0 Å². The van der Waals surface area contributed by atoms with E-state index < -0.39 is 11.8 Å². The second kappa shape index (κ2) is 8.20. The summed E-state index contributed by atoms with van der Waals surface area (Å²) in [7, 11) is 1.30. The lowest BCUT2D eigenvalue weighted by Crippen LogP contribution is -2.35. The maximum Gasteiger partial charge on any atom is 0.508 e. The lowest BCUT2D eigenvalue weighted by Gasteiger charge is -2.35. The summed E-state index contributed by atoms with van der Waals surface area (Å²) in [6.07, 6.45) is 3.67. The number of carbonyl (C=O) groups is 1. The minimum absolute atomic E-state index is 0.181. The molecule has 128 valence electrons. The summed E-state index contributed by atoms with van der Waals surface area (Å²) < 4.78 is 15.3. The van der Waals surface area contributed by atoms with Crippen molar-refractivity contribution in [1.29, 1.82) is 0 Å². The molecule has 1 aliphatic carbocycles. The highest BCUT2D eigenvalue weighted by Crippen LogP contribution is 2.38. The van der Waals surface area contributed by atoms with Gasteiger partial charge in [0.05, 0.1) is 19.3 Å². The normalized spacial score (nSPS) is 24.0. The number of benzene rings is 1. The number of carbonyl (C=O) groups excluding carboxylic acids is 1. The lowest BCUT2D eigenvalue weighted by molar-refractivity contribution is -0.0508. The Labute approximate surface area is 137 Å². The lowest BCUT2D eigenvalue weighted by atomic mass is 9.78. The number of hydrogen-bond donors (Lipinski definition) is 1. The minimum Gasteiger partial charge on any atom is -0.494 e. The van der Waals surface area contributed by atoms with Crippen molar-refractivity contribution in [2.75, 3.05) is 13.7 Å². The van der Waals surface area contributed by atoms with Crippen LogP contribution in [0.15, 0.2) is 24.3 Å². The molecular formula is C18H26O5. The van der Waals surface area contributed by atoms with Crippen molar-refractivity contribution in [3.8, 4) is 5.75 Å². The van der Waals surface area contributed by atoms with Gasteiger partial charge in [-0.15, -0.1) is 0 Å². The molecule has 0 atom stereocenters. The van der Waals surface area contributed by atoms with Crippen LogP contribution in [0, 0.1) is 0 Å². The van der Waals surface area contributed by atoms with Crippen LogP contribution >= 0.6 is 0 Å². The highest BCUT2D eigenvalue weighted by Gasteiger charge is 2.36. The van der Waals surface area contributed by atoms with Gasteiger partial charge in [-0.3, -0.25) is 0 Å². The van der Waals surface area contributed by atoms with Gasteiger partial charge in [0.2, 0.25) is 0 Å². The molecule has 1 aromatic rings. The van der Waals surface area contributed by atoms with Gasteiger partial charge in [0, 0.05) is 0 Å². The van der Waals surface area contributed by atoms with Crippen LogP contribution in [0.4, 0.5) is 4.79 Å². The molecule has 1 aliphatic rings. The van der Waals surface area contributed by atoms with Crippen LogP contribution in [-0.2, 0) is 15.1 Å². The van der Waals surface area contributed by atoms with Crippen molar-refractivity contribution in [3.05, 3.63) is 29.8 Å². The molecule has 0 amide bonds. The molecule has 0 unspecified atom stereocenters. The SMILES string of the molecule is CCCCOc1ccc(C2(O)CCC(OC(=O)OC)CC2)cc1. The molecule has 23 heavy (non-hydrogen) atoms. The number of ether oxygens (including phenoxy) is 3. The van der Waals surface area contributed by atoms with E-state index in [1.165, 1.54) is 7.11 Å². The van der Waals surface area contributed by atoms with E-state index in [1.807, 2.05) is 24.3 Å². The summed E-state index contributed by atoms with van der Waals surface area (Å²) >= 11 is 0. The molecule has 1 fully saturated rings. The quantitative estimate of drug-likeness (QED) is 0.638. The van der Waals surface area contributed by atoms with Crippen LogP contribution < -0.4 is 4.74 Å². The third kappa shape index (κ3) is 4.86. The Morgan fingerprint density at radius 2 is 1.91 bits per heavy atom. The maximum absolute atomic E-state index is 11.1. The first kappa shape index (κ1) is 17.6. The molecule has 0 bridgehead atoms. The Balaban J connectivity index is 1.90. The molecule has 1 N–H and O–H groups in total. The van der Waals surface area contributed by atoms with Gasteiger partial charge in [0.25, 0.3) is 0 Å². The zero-order valence-electron chi connectivity index (χ0n) is 13.9. The Morgan fingerprint density at radius 3 is 2.48 bits per heavy atom. The molecule has 0 heterocycles. The summed E-state index contributed by atoms with van der Waals surface area (Å²) in [5.74, 6) is 0.827. The van der Waals surface area contributed by atoms with Gasteiger partial charge >= 0.3 is 6.16 Å². The minimum atomic E-state index is -0.863. The predicted molar refractivity (Wildman–Crippen MR) is 86.5 cm³/mol. The van der Waals surface area contributed by atoms with Crippen LogP contribution in [0.1, 0.15) is 51.0 Å². The van der Waals surface area contributed by atoms with Crippen LogP contribution in [0.25, 0.3) is 0 Å². The predicted octanol–water partition coefficient (Wildman–Crippen LogP) is 3.78. The van der Waals surface area contributed by atoms with Gasteiger partial charge in [0.1, 0.15) is 11.9 Å². The summed E-state index contributed by atoms with van der Waals surface area (Å²) in [6.45, 7) is 2.84. The van der Waals surface area contributed by atoms with Gasteiger partial charge in [-0.2, -0.15) is 0 Å². The smallest absolute Gasteiger partial charge is 0.494 e. The summed E-state index contributed by atoms with van der Waals surface area (Å²) in [5, 5.41) is 10.8. The van der Waals surface area contributed by atoms with Gasteiger partial charge in [-0.05, 0) is 49.8 Å². The number of methoxy groups -OCH3 is 1.